The zero-order valence-corrected chi connectivity index (χ0v) is 18.4. The second kappa shape index (κ2) is 7.38. The molecule has 1 aliphatic rings. The Hall–Kier alpha value is -2.40. The number of aromatic nitrogens is 4. The fourth-order valence-electron chi connectivity index (χ4n) is 3.85. The maximum atomic E-state index is 13.7. The van der Waals surface area contributed by atoms with Gasteiger partial charge in [-0.15, -0.1) is 21.5 Å². The van der Waals surface area contributed by atoms with Gasteiger partial charge in [-0.3, -0.25) is 9.59 Å². The standard InChI is InChI=1S/C19H17ClN6O2S2/c1-24-6-5-12-13(8-24)30-17-15(12)16(28)25(11-4-2-3-10(20)7-11)18-22-23-19(26(17)18)29-9-14(21)27/h2-4,7H,5-6,8-9H2,1H3,(H2,21,27)/p+1. The number of carbonyl (C=O) groups is 1. The first-order valence-corrected chi connectivity index (χ1v) is 11.5. The Morgan fingerprint density at radius 3 is 3.00 bits per heavy atom. The van der Waals surface area contributed by atoms with Gasteiger partial charge in [0.15, 0.2) is 5.16 Å². The van der Waals surface area contributed by atoms with Crippen LogP contribution < -0.4 is 16.2 Å². The van der Waals surface area contributed by atoms with E-state index in [1.54, 1.807) is 34.1 Å². The number of likely N-dealkylation sites (N-methyl/N-ethyl adjacent to an activating group) is 1. The topological polar surface area (TPSA) is 99.7 Å². The van der Waals surface area contributed by atoms with Crippen LogP contribution in [-0.2, 0) is 17.8 Å². The van der Waals surface area contributed by atoms with Crippen molar-refractivity contribution in [2.45, 2.75) is 18.1 Å². The molecular weight excluding hydrogens is 444 g/mol. The van der Waals surface area contributed by atoms with Crippen LogP contribution in [0.4, 0.5) is 0 Å². The van der Waals surface area contributed by atoms with Crippen molar-refractivity contribution in [1.82, 2.24) is 19.2 Å². The molecule has 0 saturated heterocycles. The van der Waals surface area contributed by atoms with E-state index in [4.69, 9.17) is 17.3 Å². The van der Waals surface area contributed by atoms with E-state index < -0.39 is 5.91 Å². The molecule has 0 radical (unpaired) electrons. The number of rotatable bonds is 4. The average molecular weight is 462 g/mol. The molecule has 154 valence electrons. The zero-order chi connectivity index (χ0) is 21.0. The normalized spacial score (nSPS) is 16.3. The Kier molecular flexibility index (Phi) is 4.81. The SMILES string of the molecule is C[NH+]1CCc2c(sc3c2c(=O)n(-c2cccc(Cl)c2)c2nnc(SCC(N)=O)n32)C1. The lowest BCUT2D eigenvalue weighted by Gasteiger charge is -2.19. The van der Waals surface area contributed by atoms with E-state index >= 15 is 0 Å². The van der Waals surface area contributed by atoms with Crippen LogP contribution in [0.3, 0.4) is 0 Å². The van der Waals surface area contributed by atoms with Gasteiger partial charge in [0.25, 0.3) is 5.56 Å². The Labute approximate surface area is 184 Å². The predicted octanol–water partition coefficient (Wildman–Crippen LogP) is 0.896. The minimum atomic E-state index is -0.438. The van der Waals surface area contributed by atoms with Crippen LogP contribution in [-0.4, -0.2) is 44.4 Å². The maximum absolute atomic E-state index is 13.7. The van der Waals surface area contributed by atoms with Crippen LogP contribution in [0.1, 0.15) is 10.4 Å². The first kappa shape index (κ1) is 19.6. The highest BCUT2D eigenvalue weighted by molar-refractivity contribution is 7.99. The number of thiophene rings is 1. The van der Waals surface area contributed by atoms with Gasteiger partial charge in [-0.05, 0) is 23.8 Å². The quantitative estimate of drug-likeness (QED) is 0.440. The molecular formula is C19H18ClN6O2S2+. The summed E-state index contributed by atoms with van der Waals surface area (Å²) in [7, 11) is 2.15. The number of thioether (sulfide) groups is 1. The molecule has 1 amide bonds. The van der Waals surface area contributed by atoms with Gasteiger partial charge in [0.2, 0.25) is 11.7 Å². The number of benzene rings is 1. The van der Waals surface area contributed by atoms with Crippen molar-refractivity contribution in [3.8, 4) is 5.69 Å². The van der Waals surface area contributed by atoms with Crippen LogP contribution in [0.15, 0.2) is 34.2 Å². The number of fused-ring (bicyclic) bond motifs is 5. The Bertz CT molecular complexity index is 1380. The molecule has 3 N–H and O–H groups in total. The Morgan fingerprint density at radius 2 is 2.23 bits per heavy atom. The number of hydrogen-bond donors (Lipinski definition) is 2. The van der Waals surface area contributed by atoms with Crippen LogP contribution in [0.25, 0.3) is 21.7 Å². The lowest BCUT2D eigenvalue weighted by molar-refractivity contribution is -0.895. The highest BCUT2D eigenvalue weighted by Gasteiger charge is 2.28. The van der Waals surface area contributed by atoms with E-state index in [0.717, 1.165) is 29.9 Å². The number of amides is 1. The molecule has 0 fully saturated rings. The molecule has 1 atom stereocenters. The lowest BCUT2D eigenvalue weighted by Crippen LogP contribution is -3.08. The molecule has 1 aliphatic heterocycles. The van der Waals surface area contributed by atoms with Crippen LogP contribution >= 0.6 is 34.7 Å². The van der Waals surface area contributed by atoms with Crippen molar-refractivity contribution in [2.24, 2.45) is 5.73 Å². The van der Waals surface area contributed by atoms with Gasteiger partial charge in [0, 0.05) is 11.4 Å². The van der Waals surface area contributed by atoms with Gasteiger partial charge in [0.1, 0.15) is 11.4 Å². The summed E-state index contributed by atoms with van der Waals surface area (Å²) in [5.41, 5.74) is 6.93. The Balaban J connectivity index is 1.88. The van der Waals surface area contributed by atoms with E-state index in [9.17, 15) is 9.59 Å². The molecule has 5 rings (SSSR count). The second-order valence-electron chi connectivity index (χ2n) is 7.31. The molecule has 0 aliphatic carbocycles. The van der Waals surface area contributed by atoms with Gasteiger partial charge in [-0.2, -0.15) is 0 Å². The number of nitrogens with zero attached hydrogens (tertiary/aromatic N) is 4. The third-order valence-corrected chi connectivity index (χ3v) is 7.59. The molecule has 8 nitrogen and oxygen atoms in total. The number of hydrogen-bond acceptors (Lipinski definition) is 6. The molecule has 0 spiro atoms. The van der Waals surface area contributed by atoms with E-state index in [1.165, 1.54) is 21.5 Å². The average Bonchev–Trinajstić information content (AvgIpc) is 3.27. The molecule has 0 bridgehead atoms. The van der Waals surface area contributed by atoms with Gasteiger partial charge in [0.05, 0.1) is 35.3 Å². The molecule has 1 unspecified atom stereocenters. The third-order valence-electron chi connectivity index (χ3n) is 5.18. The number of primary amides is 1. The van der Waals surface area contributed by atoms with Crippen molar-refractivity contribution in [2.75, 3.05) is 19.3 Å². The van der Waals surface area contributed by atoms with Crippen molar-refractivity contribution >= 4 is 56.6 Å². The lowest BCUT2D eigenvalue weighted by atomic mass is 10.1. The minimum absolute atomic E-state index is 0.0799. The van der Waals surface area contributed by atoms with Crippen molar-refractivity contribution in [3.63, 3.8) is 0 Å². The van der Waals surface area contributed by atoms with Gasteiger partial charge in [-0.25, -0.2) is 8.97 Å². The fraction of sp³-hybridized carbons (Fsp3) is 0.263. The number of nitrogens with one attached hydrogen (secondary N) is 1. The summed E-state index contributed by atoms with van der Waals surface area (Å²) in [6.45, 7) is 1.84. The molecule has 0 saturated carbocycles. The van der Waals surface area contributed by atoms with Crippen molar-refractivity contribution < 1.29 is 9.69 Å². The summed E-state index contributed by atoms with van der Waals surface area (Å²) in [5, 5.41) is 10.3. The van der Waals surface area contributed by atoms with E-state index in [1.807, 2.05) is 10.5 Å². The fourth-order valence-corrected chi connectivity index (χ4v) is 6.21. The summed E-state index contributed by atoms with van der Waals surface area (Å²) in [6, 6.07) is 7.11. The van der Waals surface area contributed by atoms with E-state index in [2.05, 4.69) is 17.2 Å². The molecule has 11 heteroatoms. The number of halogens is 1. The van der Waals surface area contributed by atoms with Crippen LogP contribution in [0.5, 0.6) is 0 Å². The second-order valence-corrected chi connectivity index (χ2v) is 9.77. The van der Waals surface area contributed by atoms with Crippen molar-refractivity contribution in [1.29, 1.82) is 0 Å². The van der Waals surface area contributed by atoms with Crippen LogP contribution in [0.2, 0.25) is 5.02 Å². The molecule has 3 aromatic heterocycles. The maximum Gasteiger partial charge on any atom is 0.268 e. The Morgan fingerprint density at radius 1 is 1.40 bits per heavy atom. The molecule has 4 heterocycles. The largest absolute Gasteiger partial charge is 0.369 e. The number of quaternary nitrogens is 1. The molecule has 1 aromatic carbocycles. The van der Waals surface area contributed by atoms with E-state index in [0.29, 0.717) is 27.0 Å². The number of nitrogens with two attached hydrogens (primary N) is 1. The van der Waals surface area contributed by atoms with Gasteiger partial charge in [-0.1, -0.05) is 29.4 Å². The highest BCUT2D eigenvalue weighted by atomic mass is 35.5. The molecule has 30 heavy (non-hydrogen) atoms. The first-order chi connectivity index (χ1) is 14.4. The summed E-state index contributed by atoms with van der Waals surface area (Å²) in [6.07, 6.45) is 0.837. The number of carbonyl (C=O) groups excluding carboxylic acids is 1. The minimum Gasteiger partial charge on any atom is -0.369 e. The summed E-state index contributed by atoms with van der Waals surface area (Å²) in [5.74, 6) is 0.0317. The summed E-state index contributed by atoms with van der Waals surface area (Å²) >= 11 is 9.02. The highest BCUT2D eigenvalue weighted by Crippen LogP contribution is 2.33. The summed E-state index contributed by atoms with van der Waals surface area (Å²) < 4.78 is 3.41. The third kappa shape index (κ3) is 3.11. The van der Waals surface area contributed by atoms with Crippen molar-refractivity contribution in [3.05, 3.63) is 50.1 Å². The van der Waals surface area contributed by atoms with Gasteiger partial charge < -0.3 is 10.6 Å². The smallest absolute Gasteiger partial charge is 0.268 e. The van der Waals surface area contributed by atoms with Crippen LogP contribution in [0, 0.1) is 0 Å². The predicted molar refractivity (Wildman–Crippen MR) is 118 cm³/mol. The first-order valence-electron chi connectivity index (χ1n) is 9.36. The molecule has 4 aromatic rings. The monoisotopic (exact) mass is 461 g/mol. The van der Waals surface area contributed by atoms with Gasteiger partial charge >= 0.3 is 0 Å². The summed E-state index contributed by atoms with van der Waals surface area (Å²) in [4.78, 5) is 28.5. The zero-order valence-electron chi connectivity index (χ0n) is 16.0. The van der Waals surface area contributed by atoms with E-state index in [-0.39, 0.29) is 11.3 Å².